The second-order valence-electron chi connectivity index (χ2n) is 7.22. The summed E-state index contributed by atoms with van der Waals surface area (Å²) >= 11 is 2.97. The molecule has 2 fully saturated rings. The van der Waals surface area contributed by atoms with Gasteiger partial charge in [0, 0.05) is 28.2 Å². The second kappa shape index (κ2) is 7.30. The maximum Gasteiger partial charge on any atom is 0.417 e. The lowest BCUT2D eigenvalue weighted by Crippen LogP contribution is -2.17. The van der Waals surface area contributed by atoms with Gasteiger partial charge in [0.1, 0.15) is 5.82 Å². The third-order valence-corrected chi connectivity index (χ3v) is 5.67. The number of rotatable bonds is 5. The number of nitrogens with one attached hydrogen (secondary N) is 2. The fraction of sp³-hybridized carbons (Fsp3) is 0.474. The Morgan fingerprint density at radius 1 is 1.00 bits per heavy atom. The van der Waals surface area contributed by atoms with Crippen LogP contribution in [0.4, 0.5) is 30.6 Å². The third kappa shape index (κ3) is 4.54. The highest BCUT2D eigenvalue weighted by Crippen LogP contribution is 2.41. The molecule has 1 aromatic heterocycles. The van der Waals surface area contributed by atoms with Crippen molar-refractivity contribution in [2.45, 2.75) is 56.7 Å². The second-order valence-corrected chi connectivity index (χ2v) is 8.07. The number of nitrogens with zero attached hydrogens (tertiary/aromatic N) is 2. The molecular weight excluding hydrogens is 421 g/mol. The molecule has 0 aliphatic heterocycles. The molecule has 0 amide bonds. The highest BCUT2D eigenvalue weighted by atomic mass is 79.9. The van der Waals surface area contributed by atoms with Crippen molar-refractivity contribution in [1.82, 2.24) is 9.97 Å². The summed E-state index contributed by atoms with van der Waals surface area (Å²) < 4.78 is 39.5. The molecule has 4 rings (SSSR count). The van der Waals surface area contributed by atoms with E-state index in [0.717, 1.165) is 37.4 Å². The van der Waals surface area contributed by atoms with Crippen LogP contribution in [0.25, 0.3) is 0 Å². The first-order valence-corrected chi connectivity index (χ1v) is 9.97. The topological polar surface area (TPSA) is 49.8 Å². The van der Waals surface area contributed by atoms with Crippen molar-refractivity contribution in [3.8, 4) is 0 Å². The molecule has 2 aliphatic carbocycles. The fourth-order valence-electron chi connectivity index (χ4n) is 3.40. The van der Waals surface area contributed by atoms with E-state index in [9.17, 15) is 13.2 Å². The molecule has 8 heteroatoms. The van der Waals surface area contributed by atoms with Gasteiger partial charge in [0.25, 0.3) is 0 Å². The summed E-state index contributed by atoms with van der Waals surface area (Å²) in [7, 11) is 0. The molecule has 0 radical (unpaired) electrons. The van der Waals surface area contributed by atoms with Gasteiger partial charge in [-0.2, -0.15) is 18.2 Å². The Morgan fingerprint density at radius 2 is 1.74 bits per heavy atom. The molecule has 2 N–H and O–H groups in total. The summed E-state index contributed by atoms with van der Waals surface area (Å²) in [6.07, 6.45) is 2.36. The Labute approximate surface area is 164 Å². The van der Waals surface area contributed by atoms with E-state index in [-0.39, 0.29) is 4.47 Å². The zero-order valence-electron chi connectivity index (χ0n) is 14.6. The van der Waals surface area contributed by atoms with Gasteiger partial charge in [0.15, 0.2) is 0 Å². The number of anilines is 3. The average Bonchev–Trinajstić information content (AvgIpc) is 3.34. The Kier molecular flexibility index (Phi) is 5.01. The maximum absolute atomic E-state index is 13.1. The van der Waals surface area contributed by atoms with Gasteiger partial charge >= 0.3 is 6.18 Å². The minimum atomic E-state index is -4.42. The first kappa shape index (κ1) is 18.5. The van der Waals surface area contributed by atoms with E-state index in [1.54, 1.807) is 6.07 Å². The predicted molar refractivity (Wildman–Crippen MR) is 102 cm³/mol. The minimum absolute atomic E-state index is 0.0190. The molecule has 0 unspecified atom stereocenters. The molecule has 1 heterocycles. The first-order chi connectivity index (χ1) is 12.9. The van der Waals surface area contributed by atoms with Crippen LogP contribution in [-0.2, 0) is 6.18 Å². The van der Waals surface area contributed by atoms with Crippen LogP contribution in [0.5, 0.6) is 0 Å². The number of benzene rings is 1. The predicted octanol–water partition coefficient (Wildman–Crippen LogP) is 6.23. The molecule has 0 saturated heterocycles. The van der Waals surface area contributed by atoms with Crippen molar-refractivity contribution in [3.05, 3.63) is 40.0 Å². The van der Waals surface area contributed by atoms with Gasteiger partial charge in [-0.3, -0.25) is 0 Å². The van der Waals surface area contributed by atoms with Crippen LogP contribution in [0.3, 0.4) is 0 Å². The first-order valence-electron chi connectivity index (χ1n) is 9.18. The number of alkyl halides is 3. The molecule has 0 bridgehead atoms. The summed E-state index contributed by atoms with van der Waals surface area (Å²) in [5.41, 5.74) is 0.576. The van der Waals surface area contributed by atoms with Crippen molar-refractivity contribution in [2.24, 2.45) is 0 Å². The van der Waals surface area contributed by atoms with E-state index in [4.69, 9.17) is 0 Å². The molecule has 27 heavy (non-hydrogen) atoms. The molecule has 2 aliphatic rings. The van der Waals surface area contributed by atoms with Gasteiger partial charge in [-0.25, -0.2) is 4.98 Å². The Morgan fingerprint density at radius 3 is 2.41 bits per heavy atom. The van der Waals surface area contributed by atoms with E-state index in [1.165, 1.54) is 18.9 Å². The third-order valence-electron chi connectivity index (χ3n) is 4.97. The van der Waals surface area contributed by atoms with Crippen LogP contribution < -0.4 is 10.6 Å². The molecule has 1 aromatic carbocycles. The van der Waals surface area contributed by atoms with Gasteiger partial charge in [-0.1, -0.05) is 28.8 Å². The summed E-state index contributed by atoms with van der Waals surface area (Å²) in [5, 5.41) is 6.41. The van der Waals surface area contributed by atoms with Crippen molar-refractivity contribution >= 4 is 33.4 Å². The SMILES string of the molecule is FC(F)(F)c1cc(Nc2cc(C3CC3)nc(NC3CCCC3)n2)ccc1Br. The van der Waals surface area contributed by atoms with E-state index < -0.39 is 11.7 Å². The van der Waals surface area contributed by atoms with Gasteiger partial charge in [0.05, 0.1) is 11.3 Å². The lowest BCUT2D eigenvalue weighted by Gasteiger charge is -2.16. The maximum atomic E-state index is 13.1. The van der Waals surface area contributed by atoms with Crippen LogP contribution >= 0.6 is 15.9 Å². The highest BCUT2D eigenvalue weighted by molar-refractivity contribution is 9.10. The van der Waals surface area contributed by atoms with Crippen molar-refractivity contribution < 1.29 is 13.2 Å². The highest BCUT2D eigenvalue weighted by Gasteiger charge is 2.33. The van der Waals surface area contributed by atoms with Crippen LogP contribution in [0, 0.1) is 0 Å². The fourth-order valence-corrected chi connectivity index (χ4v) is 3.88. The Balaban J connectivity index is 1.60. The van der Waals surface area contributed by atoms with E-state index >= 15 is 0 Å². The van der Waals surface area contributed by atoms with Crippen molar-refractivity contribution in [2.75, 3.05) is 10.6 Å². The monoisotopic (exact) mass is 440 g/mol. The molecular formula is C19H20BrF3N4. The number of aromatic nitrogens is 2. The van der Waals surface area contributed by atoms with Gasteiger partial charge in [-0.15, -0.1) is 0 Å². The van der Waals surface area contributed by atoms with Crippen LogP contribution in [0.15, 0.2) is 28.7 Å². The van der Waals surface area contributed by atoms with Crippen LogP contribution in [0.1, 0.15) is 55.7 Å². The zero-order chi connectivity index (χ0) is 19.0. The zero-order valence-corrected chi connectivity index (χ0v) is 16.2. The number of halogens is 4. The van der Waals surface area contributed by atoms with Gasteiger partial charge in [-0.05, 0) is 43.9 Å². The van der Waals surface area contributed by atoms with Crippen LogP contribution in [-0.4, -0.2) is 16.0 Å². The van der Waals surface area contributed by atoms with Crippen LogP contribution in [0.2, 0.25) is 0 Å². The van der Waals surface area contributed by atoms with Crippen molar-refractivity contribution in [1.29, 1.82) is 0 Å². The van der Waals surface area contributed by atoms with E-state index in [1.807, 2.05) is 6.07 Å². The molecule has 144 valence electrons. The number of hydrogen-bond acceptors (Lipinski definition) is 4. The lowest BCUT2D eigenvalue weighted by atomic mass is 10.2. The summed E-state index contributed by atoms with van der Waals surface area (Å²) in [4.78, 5) is 9.11. The Bertz CT molecular complexity index is 830. The standard InChI is InChI=1S/C19H20BrF3N4/c20-15-8-7-13(9-14(15)19(21,22)23)24-17-10-16(11-5-6-11)26-18(27-17)25-12-3-1-2-4-12/h7-12H,1-6H2,(H2,24,25,26,27). The largest absolute Gasteiger partial charge is 0.417 e. The average molecular weight is 441 g/mol. The van der Waals surface area contributed by atoms with Gasteiger partial charge < -0.3 is 10.6 Å². The van der Waals surface area contributed by atoms with E-state index in [2.05, 4.69) is 36.5 Å². The molecule has 2 aromatic rings. The summed E-state index contributed by atoms with van der Waals surface area (Å²) in [5.74, 6) is 1.50. The minimum Gasteiger partial charge on any atom is -0.351 e. The molecule has 0 spiro atoms. The van der Waals surface area contributed by atoms with Gasteiger partial charge in [0.2, 0.25) is 5.95 Å². The lowest BCUT2D eigenvalue weighted by molar-refractivity contribution is -0.138. The smallest absolute Gasteiger partial charge is 0.351 e. The van der Waals surface area contributed by atoms with E-state index in [0.29, 0.717) is 29.4 Å². The van der Waals surface area contributed by atoms with Crippen molar-refractivity contribution in [3.63, 3.8) is 0 Å². The molecule has 2 saturated carbocycles. The molecule has 0 atom stereocenters. The molecule has 4 nitrogen and oxygen atoms in total. The normalized spacial score (nSPS) is 17.9. The number of hydrogen-bond donors (Lipinski definition) is 2. The summed E-state index contributed by atoms with van der Waals surface area (Å²) in [6, 6.07) is 6.30. The summed E-state index contributed by atoms with van der Waals surface area (Å²) in [6.45, 7) is 0. The Hall–Kier alpha value is -1.83. The quantitative estimate of drug-likeness (QED) is 0.578.